The zero-order chi connectivity index (χ0) is 15.4. The Morgan fingerprint density at radius 3 is 2.43 bits per heavy atom. The van der Waals surface area contributed by atoms with E-state index in [9.17, 15) is 13.2 Å². The van der Waals surface area contributed by atoms with Gasteiger partial charge < -0.3 is 15.8 Å². The normalized spacial score (nSPS) is 10.7. The number of anilines is 3. The Hall–Kier alpha value is -2.35. The Balaban J connectivity index is 2.29. The van der Waals surface area contributed by atoms with Crippen molar-refractivity contribution in [2.24, 2.45) is 0 Å². The molecular formula is C13H13F3N4O. The first-order valence-corrected chi connectivity index (χ1v) is 6.12. The second-order valence-electron chi connectivity index (χ2n) is 4.10. The number of aromatic nitrogens is 2. The van der Waals surface area contributed by atoms with E-state index in [1.54, 1.807) is 6.92 Å². The van der Waals surface area contributed by atoms with Gasteiger partial charge in [-0.1, -0.05) is 0 Å². The van der Waals surface area contributed by atoms with E-state index >= 15 is 0 Å². The monoisotopic (exact) mass is 298 g/mol. The molecule has 3 N–H and O–H groups in total. The molecule has 0 amide bonds. The molecule has 8 heteroatoms. The summed E-state index contributed by atoms with van der Waals surface area (Å²) in [6.45, 7) is 2.38. The highest BCUT2D eigenvalue weighted by Crippen LogP contribution is 2.24. The lowest BCUT2D eigenvalue weighted by Gasteiger charge is -2.10. The molecule has 1 aromatic carbocycles. The Kier molecular flexibility index (Phi) is 4.59. The topological polar surface area (TPSA) is 73.1 Å². The molecule has 0 unspecified atom stereocenters. The van der Waals surface area contributed by atoms with Gasteiger partial charge >= 0.3 is 0 Å². The van der Waals surface area contributed by atoms with Crippen LogP contribution in [0.2, 0.25) is 0 Å². The van der Waals surface area contributed by atoms with Crippen molar-refractivity contribution in [3.63, 3.8) is 0 Å². The summed E-state index contributed by atoms with van der Waals surface area (Å²) in [4.78, 5) is 7.94. The van der Waals surface area contributed by atoms with Gasteiger partial charge in [0, 0.05) is 24.8 Å². The third-order valence-electron chi connectivity index (χ3n) is 2.49. The van der Waals surface area contributed by atoms with Crippen molar-refractivity contribution in [3.8, 4) is 0 Å². The van der Waals surface area contributed by atoms with Gasteiger partial charge in [0.25, 0.3) is 0 Å². The second kappa shape index (κ2) is 6.40. The number of ether oxygens (including phenoxy) is 1. The van der Waals surface area contributed by atoms with Crippen molar-refractivity contribution in [1.82, 2.24) is 9.97 Å². The van der Waals surface area contributed by atoms with E-state index < -0.39 is 23.1 Å². The second-order valence-corrected chi connectivity index (χ2v) is 4.10. The van der Waals surface area contributed by atoms with Gasteiger partial charge in [0.05, 0.1) is 0 Å². The summed E-state index contributed by atoms with van der Waals surface area (Å²) in [5.74, 6) is -2.68. The fourth-order valence-corrected chi connectivity index (χ4v) is 1.63. The van der Waals surface area contributed by atoms with Crippen LogP contribution >= 0.6 is 0 Å². The average molecular weight is 298 g/mol. The van der Waals surface area contributed by atoms with Gasteiger partial charge in [0.15, 0.2) is 17.5 Å². The molecule has 0 radical (unpaired) electrons. The molecule has 2 rings (SSSR count). The van der Waals surface area contributed by atoms with E-state index in [1.165, 1.54) is 6.07 Å². The number of nitrogens with two attached hydrogens (primary N) is 1. The lowest BCUT2D eigenvalue weighted by atomic mass is 10.2. The van der Waals surface area contributed by atoms with Crippen molar-refractivity contribution >= 4 is 17.3 Å². The standard InChI is InChI=1S/C13H13F3N4O/c1-2-21-6-12-18-10(17)5-11(19-12)20-13-8(15)3-7(14)4-9(13)16/h3-5H,2,6H2,1H3,(H3,17,18,19,20). The zero-order valence-electron chi connectivity index (χ0n) is 11.2. The van der Waals surface area contributed by atoms with Gasteiger partial charge in [-0.25, -0.2) is 23.1 Å². The Morgan fingerprint density at radius 2 is 1.81 bits per heavy atom. The van der Waals surface area contributed by atoms with Gasteiger partial charge in [0.2, 0.25) is 0 Å². The minimum Gasteiger partial charge on any atom is -0.384 e. The Bertz CT molecular complexity index is 628. The molecule has 0 saturated heterocycles. The fraction of sp³-hybridized carbons (Fsp3) is 0.231. The summed E-state index contributed by atoms with van der Waals surface area (Å²) in [6, 6.07) is 2.44. The number of hydrogen-bond acceptors (Lipinski definition) is 5. The van der Waals surface area contributed by atoms with Crippen molar-refractivity contribution < 1.29 is 17.9 Å². The van der Waals surface area contributed by atoms with Gasteiger partial charge in [0.1, 0.15) is 29.7 Å². The molecule has 0 aliphatic carbocycles. The number of nitrogens with zero attached hydrogens (tertiary/aromatic N) is 2. The van der Waals surface area contributed by atoms with E-state index in [0.29, 0.717) is 18.7 Å². The first kappa shape index (κ1) is 15.0. The SMILES string of the molecule is CCOCc1nc(N)cc(Nc2c(F)cc(F)cc2F)n1. The van der Waals surface area contributed by atoms with E-state index in [-0.39, 0.29) is 24.1 Å². The lowest BCUT2D eigenvalue weighted by Crippen LogP contribution is -2.07. The molecule has 21 heavy (non-hydrogen) atoms. The third-order valence-corrected chi connectivity index (χ3v) is 2.49. The predicted octanol–water partition coefficient (Wildman–Crippen LogP) is 2.76. The average Bonchev–Trinajstić information content (AvgIpc) is 2.40. The molecule has 0 bridgehead atoms. The molecule has 0 aliphatic rings. The summed E-state index contributed by atoms with van der Waals surface area (Å²) in [5, 5.41) is 2.42. The van der Waals surface area contributed by atoms with Gasteiger partial charge in [-0.2, -0.15) is 0 Å². The number of hydrogen-bond donors (Lipinski definition) is 2. The number of rotatable bonds is 5. The van der Waals surface area contributed by atoms with Crippen LogP contribution in [0.1, 0.15) is 12.7 Å². The Morgan fingerprint density at radius 1 is 1.14 bits per heavy atom. The van der Waals surface area contributed by atoms with Crippen LogP contribution < -0.4 is 11.1 Å². The van der Waals surface area contributed by atoms with Crippen molar-refractivity contribution in [1.29, 1.82) is 0 Å². The Labute approximate surface area is 119 Å². The quantitative estimate of drug-likeness (QED) is 0.888. The van der Waals surface area contributed by atoms with Gasteiger partial charge in [-0.05, 0) is 6.92 Å². The smallest absolute Gasteiger partial charge is 0.158 e. The minimum atomic E-state index is -1.07. The van der Waals surface area contributed by atoms with E-state index in [1.807, 2.05) is 0 Å². The van der Waals surface area contributed by atoms with Crippen LogP contribution in [0.15, 0.2) is 18.2 Å². The molecule has 112 valence electrons. The molecule has 0 aliphatic heterocycles. The number of nitrogen functional groups attached to an aromatic ring is 1. The molecular weight excluding hydrogens is 285 g/mol. The van der Waals surface area contributed by atoms with Crippen LogP contribution in [-0.4, -0.2) is 16.6 Å². The van der Waals surface area contributed by atoms with Crippen LogP contribution in [-0.2, 0) is 11.3 Å². The molecule has 0 spiro atoms. The summed E-state index contributed by atoms with van der Waals surface area (Å²) in [7, 11) is 0. The van der Waals surface area contributed by atoms with Crippen LogP contribution in [0.3, 0.4) is 0 Å². The highest BCUT2D eigenvalue weighted by atomic mass is 19.1. The third kappa shape index (κ3) is 3.82. The first-order valence-electron chi connectivity index (χ1n) is 6.12. The van der Waals surface area contributed by atoms with Crippen molar-refractivity contribution in [2.45, 2.75) is 13.5 Å². The number of benzene rings is 1. The summed E-state index contributed by atoms with van der Waals surface area (Å²) in [6.07, 6.45) is 0. The van der Waals surface area contributed by atoms with Crippen molar-refractivity contribution in [2.75, 3.05) is 17.7 Å². The van der Waals surface area contributed by atoms with Crippen LogP contribution in [0.4, 0.5) is 30.5 Å². The minimum absolute atomic E-state index is 0.0848. The summed E-state index contributed by atoms with van der Waals surface area (Å²) < 4.78 is 45.1. The molecule has 0 saturated carbocycles. The predicted molar refractivity (Wildman–Crippen MR) is 71.4 cm³/mol. The molecule has 5 nitrogen and oxygen atoms in total. The maximum Gasteiger partial charge on any atom is 0.158 e. The summed E-state index contributed by atoms with van der Waals surface area (Å²) >= 11 is 0. The van der Waals surface area contributed by atoms with Crippen molar-refractivity contribution in [3.05, 3.63) is 41.5 Å². The van der Waals surface area contributed by atoms with E-state index in [4.69, 9.17) is 10.5 Å². The maximum atomic E-state index is 13.6. The molecule has 2 aromatic rings. The van der Waals surface area contributed by atoms with E-state index in [0.717, 1.165) is 0 Å². The zero-order valence-corrected chi connectivity index (χ0v) is 11.2. The van der Waals surface area contributed by atoms with Gasteiger partial charge in [-0.15, -0.1) is 0 Å². The number of nitrogens with one attached hydrogen (secondary N) is 1. The van der Waals surface area contributed by atoms with Crippen LogP contribution in [0.5, 0.6) is 0 Å². The molecule has 1 aromatic heterocycles. The first-order chi connectivity index (χ1) is 9.99. The molecule has 1 heterocycles. The number of halogens is 3. The molecule has 0 atom stereocenters. The largest absolute Gasteiger partial charge is 0.384 e. The van der Waals surface area contributed by atoms with Gasteiger partial charge in [-0.3, -0.25) is 0 Å². The molecule has 0 fully saturated rings. The maximum absolute atomic E-state index is 13.6. The summed E-state index contributed by atoms with van der Waals surface area (Å²) in [5.41, 5.74) is 5.07. The fourth-order valence-electron chi connectivity index (χ4n) is 1.63. The lowest BCUT2D eigenvalue weighted by molar-refractivity contribution is 0.128. The highest BCUT2D eigenvalue weighted by molar-refractivity contribution is 5.59. The van der Waals surface area contributed by atoms with Crippen LogP contribution in [0, 0.1) is 17.5 Å². The van der Waals surface area contributed by atoms with E-state index in [2.05, 4.69) is 15.3 Å². The highest BCUT2D eigenvalue weighted by Gasteiger charge is 2.13. The van der Waals surface area contributed by atoms with Crippen LogP contribution in [0.25, 0.3) is 0 Å².